The fraction of sp³-hybridized carbons (Fsp3) is 0.185. The van der Waals surface area contributed by atoms with Crippen LogP contribution in [0, 0.1) is 6.92 Å². The Kier molecular flexibility index (Phi) is 7.03. The quantitative estimate of drug-likeness (QED) is 0.283. The van der Waals surface area contributed by atoms with Crippen molar-refractivity contribution in [2.45, 2.75) is 20.8 Å². The number of amidine groups is 1. The van der Waals surface area contributed by atoms with Crippen LogP contribution in [0.1, 0.15) is 25.0 Å². The molecule has 0 heterocycles. The highest BCUT2D eigenvalue weighted by Gasteiger charge is 2.14. The average molecular weight is 412 g/mol. The fourth-order valence-corrected chi connectivity index (χ4v) is 3.36. The minimum absolute atomic E-state index is 0.245. The minimum Gasteiger partial charge on any atom is -0.378 e. The van der Waals surface area contributed by atoms with E-state index in [2.05, 4.69) is 28.9 Å². The van der Waals surface area contributed by atoms with Gasteiger partial charge in [0, 0.05) is 36.7 Å². The number of carbonyl (C=O) groups excluding carboxylic acids is 1. The third kappa shape index (κ3) is 5.48. The number of amides is 1. The number of hydrogen-bond donors (Lipinski definition) is 0. The number of para-hydroxylation sites is 2. The summed E-state index contributed by atoms with van der Waals surface area (Å²) in [7, 11) is 4.03. The minimum atomic E-state index is -0.245. The van der Waals surface area contributed by atoms with E-state index in [0.717, 1.165) is 28.2 Å². The first-order chi connectivity index (χ1) is 14.9. The van der Waals surface area contributed by atoms with Gasteiger partial charge in [0.25, 0.3) is 5.91 Å². The summed E-state index contributed by atoms with van der Waals surface area (Å²) in [6.45, 7) is 5.73. The van der Waals surface area contributed by atoms with Crippen molar-refractivity contribution in [2.24, 2.45) is 4.99 Å². The monoisotopic (exact) mass is 411 g/mol. The third-order valence-electron chi connectivity index (χ3n) is 5.09. The van der Waals surface area contributed by atoms with Gasteiger partial charge in [-0.25, -0.2) is 0 Å². The van der Waals surface area contributed by atoms with Gasteiger partial charge < -0.3 is 4.90 Å². The third-order valence-corrected chi connectivity index (χ3v) is 5.09. The van der Waals surface area contributed by atoms with Crippen LogP contribution in [0.15, 0.2) is 89.4 Å². The van der Waals surface area contributed by atoms with E-state index in [0.29, 0.717) is 11.4 Å². The molecule has 0 aliphatic rings. The number of nitrogens with zero attached hydrogens (tertiary/aromatic N) is 3. The summed E-state index contributed by atoms with van der Waals surface area (Å²) in [6.07, 6.45) is 1.91. The Morgan fingerprint density at radius 1 is 0.806 bits per heavy atom. The molecule has 0 aliphatic carbocycles. The number of aryl methyl sites for hydroxylation is 1. The summed E-state index contributed by atoms with van der Waals surface area (Å²) in [5, 5.41) is 0. The van der Waals surface area contributed by atoms with E-state index in [9.17, 15) is 4.79 Å². The van der Waals surface area contributed by atoms with Gasteiger partial charge in [-0.15, -0.1) is 0 Å². The van der Waals surface area contributed by atoms with Gasteiger partial charge >= 0.3 is 0 Å². The maximum absolute atomic E-state index is 12.9. The molecule has 0 atom stereocenters. The first-order valence-electron chi connectivity index (χ1n) is 10.3. The van der Waals surface area contributed by atoms with E-state index in [1.54, 1.807) is 0 Å². The second-order valence-corrected chi connectivity index (χ2v) is 7.73. The number of rotatable bonds is 5. The lowest BCUT2D eigenvalue weighted by Gasteiger charge is -2.24. The molecule has 3 rings (SSSR count). The van der Waals surface area contributed by atoms with Crippen LogP contribution >= 0.6 is 0 Å². The van der Waals surface area contributed by atoms with E-state index in [-0.39, 0.29) is 5.91 Å². The van der Waals surface area contributed by atoms with Crippen molar-refractivity contribution in [2.75, 3.05) is 23.9 Å². The van der Waals surface area contributed by atoms with Crippen LogP contribution in [0.5, 0.6) is 0 Å². The van der Waals surface area contributed by atoms with E-state index in [4.69, 9.17) is 0 Å². The van der Waals surface area contributed by atoms with Crippen molar-refractivity contribution in [3.05, 3.63) is 95.6 Å². The standard InChI is InChI=1S/C27H29N3O/c1-20-19-26(29(4)5)17-16-23(20)18-21(2)27(31)28-22(3)30(24-12-8-6-9-13-24)25-14-10-7-11-15-25/h6-19H,1-5H3/b21-18-,28-22+. The lowest BCUT2D eigenvalue weighted by molar-refractivity contribution is -0.114. The van der Waals surface area contributed by atoms with Gasteiger partial charge in [0.05, 0.1) is 0 Å². The summed E-state index contributed by atoms with van der Waals surface area (Å²) >= 11 is 0. The molecule has 31 heavy (non-hydrogen) atoms. The van der Waals surface area contributed by atoms with Crippen LogP contribution in [0.25, 0.3) is 6.08 Å². The van der Waals surface area contributed by atoms with Crippen LogP contribution in [-0.4, -0.2) is 25.8 Å². The van der Waals surface area contributed by atoms with Crippen LogP contribution < -0.4 is 9.80 Å². The Balaban J connectivity index is 1.91. The number of carbonyl (C=O) groups is 1. The molecule has 3 aromatic rings. The topological polar surface area (TPSA) is 35.9 Å². The zero-order chi connectivity index (χ0) is 22.4. The smallest absolute Gasteiger partial charge is 0.274 e. The van der Waals surface area contributed by atoms with Crippen molar-refractivity contribution >= 4 is 34.9 Å². The highest BCUT2D eigenvalue weighted by Crippen LogP contribution is 2.26. The molecule has 0 aromatic heterocycles. The molecule has 0 aliphatic heterocycles. The summed E-state index contributed by atoms with van der Waals surface area (Å²) < 4.78 is 0. The summed E-state index contributed by atoms with van der Waals surface area (Å²) in [6, 6.07) is 26.1. The van der Waals surface area contributed by atoms with E-state index in [1.807, 2.05) is 106 Å². The molecule has 0 saturated carbocycles. The zero-order valence-electron chi connectivity index (χ0n) is 18.8. The molecule has 0 radical (unpaired) electrons. The van der Waals surface area contributed by atoms with E-state index >= 15 is 0 Å². The normalized spacial score (nSPS) is 11.9. The van der Waals surface area contributed by atoms with Gasteiger partial charge in [-0.1, -0.05) is 42.5 Å². The molecule has 1 amide bonds. The van der Waals surface area contributed by atoms with Gasteiger partial charge in [-0.3, -0.25) is 9.69 Å². The lowest BCUT2D eigenvalue weighted by Crippen LogP contribution is -2.24. The fourth-order valence-electron chi connectivity index (χ4n) is 3.36. The lowest BCUT2D eigenvalue weighted by atomic mass is 10.0. The molecule has 4 nitrogen and oxygen atoms in total. The number of hydrogen-bond acceptors (Lipinski definition) is 2. The van der Waals surface area contributed by atoms with E-state index < -0.39 is 0 Å². The Labute approximate surface area is 185 Å². The van der Waals surface area contributed by atoms with Crippen molar-refractivity contribution < 1.29 is 4.79 Å². The molecular formula is C27H29N3O. The van der Waals surface area contributed by atoms with Crippen molar-refractivity contribution in [3.8, 4) is 0 Å². The van der Waals surface area contributed by atoms with Gasteiger partial charge in [0.1, 0.15) is 5.84 Å². The summed E-state index contributed by atoms with van der Waals surface area (Å²) in [5.74, 6) is 0.375. The van der Waals surface area contributed by atoms with E-state index in [1.165, 1.54) is 0 Å². The Bertz CT molecular complexity index is 1060. The van der Waals surface area contributed by atoms with Gasteiger partial charge in [0.2, 0.25) is 0 Å². The Hall–Kier alpha value is -3.66. The van der Waals surface area contributed by atoms with Crippen LogP contribution in [0.3, 0.4) is 0 Å². The highest BCUT2D eigenvalue weighted by atomic mass is 16.1. The van der Waals surface area contributed by atoms with Crippen LogP contribution in [0.4, 0.5) is 17.1 Å². The largest absolute Gasteiger partial charge is 0.378 e. The number of anilines is 3. The first kappa shape index (κ1) is 22.0. The van der Waals surface area contributed by atoms with Gasteiger partial charge in [0.15, 0.2) is 0 Å². The number of aliphatic imine (C=N–C) groups is 1. The average Bonchev–Trinajstić information content (AvgIpc) is 2.76. The van der Waals surface area contributed by atoms with Crippen LogP contribution in [-0.2, 0) is 4.79 Å². The summed E-state index contributed by atoms with van der Waals surface area (Å²) in [4.78, 5) is 21.4. The molecule has 0 N–H and O–H groups in total. The zero-order valence-corrected chi connectivity index (χ0v) is 18.8. The highest BCUT2D eigenvalue weighted by molar-refractivity contribution is 6.11. The maximum atomic E-state index is 12.9. The van der Waals surface area contributed by atoms with Crippen molar-refractivity contribution in [1.29, 1.82) is 0 Å². The molecule has 0 fully saturated rings. The molecular weight excluding hydrogens is 382 g/mol. The molecule has 0 saturated heterocycles. The molecule has 0 spiro atoms. The predicted molar refractivity (Wildman–Crippen MR) is 132 cm³/mol. The first-order valence-corrected chi connectivity index (χ1v) is 10.3. The van der Waals surface area contributed by atoms with Crippen LogP contribution in [0.2, 0.25) is 0 Å². The molecule has 0 unspecified atom stereocenters. The molecule has 3 aromatic carbocycles. The second-order valence-electron chi connectivity index (χ2n) is 7.73. The summed E-state index contributed by atoms with van der Waals surface area (Å²) in [5.41, 5.74) is 5.79. The Morgan fingerprint density at radius 2 is 1.35 bits per heavy atom. The van der Waals surface area contributed by atoms with Crippen molar-refractivity contribution in [3.63, 3.8) is 0 Å². The maximum Gasteiger partial charge on any atom is 0.274 e. The van der Waals surface area contributed by atoms with Gasteiger partial charge in [-0.2, -0.15) is 4.99 Å². The molecule has 4 heteroatoms. The van der Waals surface area contributed by atoms with Gasteiger partial charge in [-0.05, 0) is 74.4 Å². The second kappa shape index (κ2) is 9.90. The van der Waals surface area contributed by atoms with Crippen molar-refractivity contribution in [1.82, 2.24) is 0 Å². The SMILES string of the molecule is C/C(=C/c1ccc(N(C)C)cc1C)C(=O)/N=C(\C)N(c1ccccc1)c1ccccc1. The molecule has 158 valence electrons. The molecule has 0 bridgehead atoms. The number of benzene rings is 3. The predicted octanol–water partition coefficient (Wildman–Crippen LogP) is 6.25. The Morgan fingerprint density at radius 3 is 1.84 bits per heavy atom.